The first kappa shape index (κ1) is 18.2. The van der Waals surface area contributed by atoms with E-state index in [2.05, 4.69) is 15.8 Å². The van der Waals surface area contributed by atoms with E-state index in [4.69, 9.17) is 16.7 Å². The molecule has 2 amide bonds. The predicted molar refractivity (Wildman–Crippen MR) is 92.9 cm³/mol. The van der Waals surface area contributed by atoms with Gasteiger partial charge in [0.2, 0.25) is 0 Å². The average molecular weight is 360 g/mol. The van der Waals surface area contributed by atoms with Crippen molar-refractivity contribution < 1.29 is 19.5 Å². The zero-order valence-corrected chi connectivity index (χ0v) is 13.7. The molecule has 0 saturated carbocycles. The minimum absolute atomic E-state index is 0.157. The third-order valence-corrected chi connectivity index (χ3v) is 3.29. The van der Waals surface area contributed by atoms with Gasteiger partial charge < -0.3 is 10.4 Å². The Bertz CT molecular complexity index is 819. The second-order valence-corrected chi connectivity index (χ2v) is 5.35. The van der Waals surface area contributed by atoms with Crippen LogP contribution in [0.15, 0.2) is 53.6 Å². The molecule has 2 rings (SSSR count). The quantitative estimate of drug-likeness (QED) is 0.541. The summed E-state index contributed by atoms with van der Waals surface area (Å²) in [4.78, 5) is 34.2. The first-order valence-corrected chi connectivity index (χ1v) is 7.52. The van der Waals surface area contributed by atoms with Gasteiger partial charge in [-0.2, -0.15) is 5.10 Å². The van der Waals surface area contributed by atoms with Gasteiger partial charge in [0, 0.05) is 10.6 Å². The highest BCUT2D eigenvalue weighted by atomic mass is 35.5. The Kier molecular flexibility index (Phi) is 6.25. The number of nitrogens with zero attached hydrogens (tertiary/aromatic N) is 1. The Balaban J connectivity index is 1.80. The third-order valence-electron chi connectivity index (χ3n) is 3.06. The highest BCUT2D eigenvalue weighted by molar-refractivity contribution is 6.31. The van der Waals surface area contributed by atoms with Crippen LogP contribution >= 0.6 is 11.6 Å². The number of aromatic carboxylic acids is 1. The monoisotopic (exact) mass is 359 g/mol. The molecule has 0 heterocycles. The number of carboxylic acids is 1. The van der Waals surface area contributed by atoms with Crippen LogP contribution in [0.3, 0.4) is 0 Å². The van der Waals surface area contributed by atoms with E-state index in [1.54, 1.807) is 30.3 Å². The van der Waals surface area contributed by atoms with Crippen LogP contribution in [0.1, 0.15) is 26.3 Å². The Morgan fingerprint density at radius 2 is 1.80 bits per heavy atom. The SMILES string of the molecule is O=C(CNC(=O)c1cccc(Cl)c1)N/N=C/c1ccc(C(=O)O)cc1. The Morgan fingerprint density at radius 1 is 1.08 bits per heavy atom. The largest absolute Gasteiger partial charge is 0.478 e. The van der Waals surface area contributed by atoms with Gasteiger partial charge in [-0.3, -0.25) is 9.59 Å². The lowest BCUT2D eigenvalue weighted by molar-refractivity contribution is -0.120. The topological polar surface area (TPSA) is 108 Å². The maximum Gasteiger partial charge on any atom is 0.335 e. The van der Waals surface area contributed by atoms with Crippen molar-refractivity contribution >= 4 is 35.6 Å². The minimum Gasteiger partial charge on any atom is -0.478 e. The normalized spacial score (nSPS) is 10.4. The van der Waals surface area contributed by atoms with Gasteiger partial charge in [0.05, 0.1) is 18.3 Å². The van der Waals surface area contributed by atoms with Crippen molar-refractivity contribution in [3.63, 3.8) is 0 Å². The summed E-state index contributed by atoms with van der Waals surface area (Å²) in [5.74, 6) is -1.95. The zero-order valence-electron chi connectivity index (χ0n) is 12.9. The molecule has 2 aromatic rings. The molecule has 8 heteroatoms. The maximum atomic E-state index is 11.8. The minimum atomic E-state index is -1.02. The standard InChI is InChI=1S/C17H14ClN3O4/c18-14-3-1-2-13(8-14)16(23)19-10-15(22)21-20-9-11-4-6-12(7-5-11)17(24)25/h1-9H,10H2,(H,19,23)(H,21,22)(H,24,25)/b20-9+. The fraction of sp³-hybridized carbons (Fsp3) is 0.0588. The molecule has 0 aromatic heterocycles. The van der Waals surface area contributed by atoms with Crippen molar-refractivity contribution in [2.45, 2.75) is 0 Å². The summed E-state index contributed by atoms with van der Waals surface area (Å²) in [5.41, 5.74) is 3.39. The molecule has 0 aliphatic heterocycles. The van der Waals surface area contributed by atoms with Crippen molar-refractivity contribution in [3.05, 3.63) is 70.2 Å². The summed E-state index contributed by atoms with van der Waals surface area (Å²) >= 11 is 5.79. The molecule has 0 unspecified atom stereocenters. The van der Waals surface area contributed by atoms with Crippen LogP contribution in [-0.2, 0) is 4.79 Å². The molecule has 0 bridgehead atoms. The number of hydrogen-bond donors (Lipinski definition) is 3. The molecule has 0 aliphatic carbocycles. The highest BCUT2D eigenvalue weighted by Gasteiger charge is 2.07. The number of nitrogens with one attached hydrogen (secondary N) is 2. The van der Waals surface area contributed by atoms with Crippen molar-refractivity contribution in [2.24, 2.45) is 5.10 Å². The van der Waals surface area contributed by atoms with E-state index in [9.17, 15) is 14.4 Å². The first-order valence-electron chi connectivity index (χ1n) is 7.15. The summed E-state index contributed by atoms with van der Waals surface area (Å²) < 4.78 is 0. The van der Waals surface area contributed by atoms with Crippen molar-refractivity contribution in [2.75, 3.05) is 6.54 Å². The van der Waals surface area contributed by atoms with Crippen molar-refractivity contribution in [1.29, 1.82) is 0 Å². The lowest BCUT2D eigenvalue weighted by Gasteiger charge is -2.04. The van der Waals surface area contributed by atoms with Crippen molar-refractivity contribution in [3.8, 4) is 0 Å². The van der Waals surface area contributed by atoms with E-state index in [0.29, 0.717) is 16.1 Å². The van der Waals surface area contributed by atoms with Crippen LogP contribution in [0, 0.1) is 0 Å². The van der Waals surface area contributed by atoms with Crippen LogP contribution in [0.5, 0.6) is 0 Å². The van der Waals surface area contributed by atoms with E-state index in [1.165, 1.54) is 24.4 Å². The van der Waals surface area contributed by atoms with Crippen LogP contribution in [-0.4, -0.2) is 35.6 Å². The fourth-order valence-electron chi connectivity index (χ4n) is 1.82. The number of halogens is 1. The van der Waals surface area contributed by atoms with Gasteiger partial charge in [0.1, 0.15) is 0 Å². The third kappa shape index (κ3) is 5.74. The molecule has 0 fully saturated rings. The summed E-state index contributed by atoms with van der Waals surface area (Å²) in [6, 6.07) is 12.3. The smallest absolute Gasteiger partial charge is 0.335 e. The second-order valence-electron chi connectivity index (χ2n) is 4.91. The molecule has 0 atom stereocenters. The van der Waals surface area contributed by atoms with Gasteiger partial charge in [-0.25, -0.2) is 10.2 Å². The van der Waals surface area contributed by atoms with Gasteiger partial charge in [0.25, 0.3) is 11.8 Å². The van der Waals surface area contributed by atoms with Crippen LogP contribution in [0.25, 0.3) is 0 Å². The molecule has 25 heavy (non-hydrogen) atoms. The van der Waals surface area contributed by atoms with E-state index in [0.717, 1.165) is 0 Å². The lowest BCUT2D eigenvalue weighted by atomic mass is 10.1. The molecule has 2 aromatic carbocycles. The van der Waals surface area contributed by atoms with E-state index in [-0.39, 0.29) is 12.1 Å². The molecular weight excluding hydrogens is 346 g/mol. The summed E-state index contributed by atoms with van der Waals surface area (Å²) in [5, 5.41) is 15.4. The van der Waals surface area contributed by atoms with Gasteiger partial charge in [0.15, 0.2) is 0 Å². The van der Waals surface area contributed by atoms with Crippen LogP contribution < -0.4 is 10.7 Å². The molecule has 7 nitrogen and oxygen atoms in total. The van der Waals surface area contributed by atoms with Crippen molar-refractivity contribution in [1.82, 2.24) is 10.7 Å². The number of benzene rings is 2. The summed E-state index contributed by atoms with van der Waals surface area (Å²) in [6.45, 7) is -0.249. The lowest BCUT2D eigenvalue weighted by Crippen LogP contribution is -2.34. The average Bonchev–Trinajstić information content (AvgIpc) is 2.60. The predicted octanol–water partition coefficient (Wildman–Crippen LogP) is 1.92. The van der Waals surface area contributed by atoms with E-state index >= 15 is 0 Å². The molecule has 3 N–H and O–H groups in total. The van der Waals surface area contributed by atoms with E-state index < -0.39 is 17.8 Å². The molecule has 128 valence electrons. The first-order chi connectivity index (χ1) is 12.0. The van der Waals surface area contributed by atoms with E-state index in [1.807, 2.05) is 0 Å². The van der Waals surface area contributed by atoms with Crippen LogP contribution in [0.4, 0.5) is 0 Å². The molecule has 0 aliphatic rings. The number of rotatable bonds is 6. The number of carbonyl (C=O) groups is 3. The summed E-state index contributed by atoms with van der Waals surface area (Å²) in [6.07, 6.45) is 1.36. The van der Waals surface area contributed by atoms with Gasteiger partial charge in [-0.15, -0.1) is 0 Å². The number of amides is 2. The second kappa shape index (κ2) is 8.60. The Labute approximate surface area is 148 Å². The number of hydrogen-bond acceptors (Lipinski definition) is 4. The Morgan fingerprint density at radius 3 is 2.44 bits per heavy atom. The molecule has 0 radical (unpaired) electrons. The number of hydrazone groups is 1. The number of carbonyl (C=O) groups excluding carboxylic acids is 2. The van der Waals surface area contributed by atoms with Gasteiger partial charge in [-0.05, 0) is 35.9 Å². The molecular formula is C17H14ClN3O4. The molecule has 0 spiro atoms. The highest BCUT2D eigenvalue weighted by Crippen LogP contribution is 2.10. The zero-order chi connectivity index (χ0) is 18.2. The van der Waals surface area contributed by atoms with Crippen LogP contribution in [0.2, 0.25) is 5.02 Å². The maximum absolute atomic E-state index is 11.8. The summed E-state index contributed by atoms with van der Waals surface area (Å²) in [7, 11) is 0. The molecule has 0 saturated heterocycles. The fourth-order valence-corrected chi connectivity index (χ4v) is 2.01. The number of carboxylic acid groups (broad SMARTS) is 1. The van der Waals surface area contributed by atoms with Gasteiger partial charge in [-0.1, -0.05) is 29.8 Å². The van der Waals surface area contributed by atoms with Gasteiger partial charge >= 0.3 is 5.97 Å². The Hall–Kier alpha value is -3.19.